The highest BCUT2D eigenvalue weighted by Gasteiger charge is 2.13. The lowest BCUT2D eigenvalue weighted by Gasteiger charge is -2.19. The summed E-state index contributed by atoms with van der Waals surface area (Å²) in [6.07, 6.45) is 3.11. The van der Waals surface area contributed by atoms with Gasteiger partial charge in [-0.25, -0.2) is 9.67 Å². The molecule has 0 aliphatic carbocycles. The van der Waals surface area contributed by atoms with Crippen LogP contribution in [0.2, 0.25) is 0 Å². The fraction of sp³-hybridized carbons (Fsp3) is 0.211. The van der Waals surface area contributed by atoms with Crippen molar-refractivity contribution in [2.24, 2.45) is 0 Å². The van der Waals surface area contributed by atoms with Gasteiger partial charge in [0.15, 0.2) is 0 Å². The van der Waals surface area contributed by atoms with Gasteiger partial charge in [-0.15, -0.1) is 0 Å². The predicted molar refractivity (Wildman–Crippen MR) is 93.1 cm³/mol. The zero-order valence-corrected chi connectivity index (χ0v) is 14.1. The highest BCUT2D eigenvalue weighted by atomic mass is 16.2. The lowest BCUT2D eigenvalue weighted by atomic mass is 10.1. The molecule has 0 spiro atoms. The molecular weight excluding hydrogens is 300 g/mol. The summed E-state index contributed by atoms with van der Waals surface area (Å²) in [4.78, 5) is 18.3. The number of nitrogens with zero attached hydrogens (tertiary/aromatic N) is 4. The molecule has 1 aromatic heterocycles. The Morgan fingerprint density at radius 3 is 2.50 bits per heavy atom. The Hall–Kier alpha value is -2.95. The average Bonchev–Trinajstić information content (AvgIpc) is 3.11. The molecule has 0 atom stereocenters. The molecule has 1 amide bonds. The molecule has 3 aromatic rings. The molecule has 0 saturated heterocycles. The van der Waals surface area contributed by atoms with Crippen LogP contribution < -0.4 is 0 Å². The molecule has 5 nitrogen and oxygen atoms in total. The van der Waals surface area contributed by atoms with E-state index in [0.717, 1.165) is 11.3 Å². The molecule has 3 rings (SSSR count). The summed E-state index contributed by atoms with van der Waals surface area (Å²) in [7, 11) is 1.83. The van der Waals surface area contributed by atoms with Crippen molar-refractivity contribution in [2.45, 2.75) is 20.4 Å². The number of carbonyl (C=O) groups is 1. The SMILES string of the molecule is Cc1ccc(CN(C)C(=O)c2ccc(-n3cncn3)cc2)c(C)c1. The van der Waals surface area contributed by atoms with Gasteiger partial charge in [0.25, 0.3) is 5.91 Å². The third-order valence-corrected chi connectivity index (χ3v) is 4.05. The lowest BCUT2D eigenvalue weighted by molar-refractivity contribution is 0.0785. The summed E-state index contributed by atoms with van der Waals surface area (Å²) in [6, 6.07) is 13.7. The first kappa shape index (κ1) is 15.9. The molecule has 0 bridgehead atoms. The third-order valence-electron chi connectivity index (χ3n) is 4.05. The molecule has 0 aliphatic rings. The van der Waals surface area contributed by atoms with Gasteiger partial charge in [0.2, 0.25) is 0 Å². The Bertz CT molecular complexity index is 838. The molecular formula is C19H20N4O. The summed E-state index contributed by atoms with van der Waals surface area (Å²) < 4.78 is 1.66. The topological polar surface area (TPSA) is 51.0 Å². The molecule has 1 heterocycles. The minimum atomic E-state index is 0.000107. The number of carbonyl (C=O) groups excluding carboxylic acids is 1. The summed E-state index contributed by atoms with van der Waals surface area (Å²) in [6.45, 7) is 4.74. The second kappa shape index (κ2) is 6.66. The molecule has 0 N–H and O–H groups in total. The molecule has 122 valence electrons. The number of hydrogen-bond acceptors (Lipinski definition) is 3. The number of aromatic nitrogens is 3. The first-order valence-electron chi connectivity index (χ1n) is 7.81. The van der Waals surface area contributed by atoms with Crippen molar-refractivity contribution in [1.82, 2.24) is 19.7 Å². The number of hydrogen-bond donors (Lipinski definition) is 0. The summed E-state index contributed by atoms with van der Waals surface area (Å²) in [5.74, 6) is 0.000107. The molecule has 24 heavy (non-hydrogen) atoms. The Balaban J connectivity index is 1.73. The zero-order valence-electron chi connectivity index (χ0n) is 14.1. The third kappa shape index (κ3) is 3.35. The minimum absolute atomic E-state index is 0.000107. The fourth-order valence-electron chi connectivity index (χ4n) is 2.67. The van der Waals surface area contributed by atoms with Crippen LogP contribution in [0, 0.1) is 13.8 Å². The van der Waals surface area contributed by atoms with Gasteiger partial charge in [0, 0.05) is 19.2 Å². The second-order valence-corrected chi connectivity index (χ2v) is 5.98. The maximum atomic E-state index is 12.6. The molecule has 0 fully saturated rings. The van der Waals surface area contributed by atoms with Gasteiger partial charge in [0.1, 0.15) is 12.7 Å². The number of rotatable bonds is 4. The average molecular weight is 320 g/mol. The largest absolute Gasteiger partial charge is 0.337 e. The van der Waals surface area contributed by atoms with E-state index in [9.17, 15) is 4.79 Å². The summed E-state index contributed by atoms with van der Waals surface area (Å²) in [5.41, 5.74) is 5.13. The van der Waals surface area contributed by atoms with Gasteiger partial charge >= 0.3 is 0 Å². The van der Waals surface area contributed by atoms with Crippen molar-refractivity contribution in [2.75, 3.05) is 7.05 Å². The van der Waals surface area contributed by atoms with E-state index in [4.69, 9.17) is 0 Å². The van der Waals surface area contributed by atoms with Gasteiger partial charge in [-0.1, -0.05) is 23.8 Å². The predicted octanol–water partition coefficient (Wildman–Crippen LogP) is 3.16. The van der Waals surface area contributed by atoms with Crippen LogP contribution in [0.5, 0.6) is 0 Å². The van der Waals surface area contributed by atoms with Gasteiger partial charge in [0.05, 0.1) is 5.69 Å². The highest BCUT2D eigenvalue weighted by molar-refractivity contribution is 5.94. The van der Waals surface area contributed by atoms with E-state index in [1.807, 2.05) is 31.3 Å². The van der Waals surface area contributed by atoms with Crippen LogP contribution >= 0.6 is 0 Å². The van der Waals surface area contributed by atoms with Gasteiger partial charge in [-0.05, 0) is 49.2 Å². The van der Waals surface area contributed by atoms with Crippen LogP contribution in [-0.2, 0) is 6.54 Å². The highest BCUT2D eigenvalue weighted by Crippen LogP contribution is 2.15. The molecule has 0 aliphatic heterocycles. The van der Waals surface area contributed by atoms with Crippen LogP contribution in [0.1, 0.15) is 27.0 Å². The van der Waals surface area contributed by atoms with Crippen molar-refractivity contribution in [1.29, 1.82) is 0 Å². The molecule has 0 saturated carbocycles. The van der Waals surface area contributed by atoms with Crippen molar-refractivity contribution in [3.8, 4) is 5.69 Å². The maximum Gasteiger partial charge on any atom is 0.253 e. The molecule has 2 aromatic carbocycles. The van der Waals surface area contributed by atoms with E-state index < -0.39 is 0 Å². The summed E-state index contributed by atoms with van der Waals surface area (Å²) >= 11 is 0. The quantitative estimate of drug-likeness (QED) is 0.742. The van der Waals surface area contributed by atoms with Crippen LogP contribution in [0.3, 0.4) is 0 Å². The standard InChI is InChI=1S/C19H20N4O/c1-14-4-5-17(15(2)10-14)11-22(3)19(24)16-6-8-18(9-7-16)23-13-20-12-21-23/h4-10,12-13H,11H2,1-3H3. The van der Waals surface area contributed by atoms with E-state index in [0.29, 0.717) is 12.1 Å². The van der Waals surface area contributed by atoms with Crippen LogP contribution in [0.15, 0.2) is 55.1 Å². The second-order valence-electron chi connectivity index (χ2n) is 5.98. The normalized spacial score (nSPS) is 10.6. The number of benzene rings is 2. The Morgan fingerprint density at radius 1 is 1.12 bits per heavy atom. The first-order valence-corrected chi connectivity index (χ1v) is 7.81. The van der Waals surface area contributed by atoms with Gasteiger partial charge < -0.3 is 4.90 Å². The van der Waals surface area contributed by atoms with E-state index in [-0.39, 0.29) is 5.91 Å². The van der Waals surface area contributed by atoms with Crippen LogP contribution in [0.4, 0.5) is 0 Å². The molecule has 0 radical (unpaired) electrons. The molecule has 5 heteroatoms. The van der Waals surface area contributed by atoms with E-state index in [1.54, 1.807) is 15.9 Å². The van der Waals surface area contributed by atoms with E-state index in [2.05, 4.69) is 42.1 Å². The maximum absolute atomic E-state index is 12.6. The Kier molecular flexibility index (Phi) is 4.42. The zero-order chi connectivity index (χ0) is 17.1. The van der Waals surface area contributed by atoms with Crippen molar-refractivity contribution in [3.05, 3.63) is 77.4 Å². The van der Waals surface area contributed by atoms with Gasteiger partial charge in [-0.3, -0.25) is 4.79 Å². The fourth-order valence-corrected chi connectivity index (χ4v) is 2.67. The van der Waals surface area contributed by atoms with E-state index >= 15 is 0 Å². The van der Waals surface area contributed by atoms with Crippen molar-refractivity contribution >= 4 is 5.91 Å². The van der Waals surface area contributed by atoms with Crippen LogP contribution in [0.25, 0.3) is 5.69 Å². The van der Waals surface area contributed by atoms with E-state index in [1.165, 1.54) is 17.5 Å². The van der Waals surface area contributed by atoms with Gasteiger partial charge in [-0.2, -0.15) is 5.10 Å². The summed E-state index contributed by atoms with van der Waals surface area (Å²) in [5, 5.41) is 4.08. The van der Waals surface area contributed by atoms with Crippen molar-refractivity contribution < 1.29 is 4.79 Å². The minimum Gasteiger partial charge on any atom is -0.337 e. The number of amides is 1. The Labute approximate surface area is 141 Å². The van der Waals surface area contributed by atoms with Crippen molar-refractivity contribution in [3.63, 3.8) is 0 Å². The molecule has 0 unspecified atom stereocenters. The first-order chi connectivity index (χ1) is 11.5. The monoisotopic (exact) mass is 320 g/mol. The Morgan fingerprint density at radius 2 is 1.88 bits per heavy atom. The lowest BCUT2D eigenvalue weighted by Crippen LogP contribution is -2.26. The smallest absolute Gasteiger partial charge is 0.253 e. The van der Waals surface area contributed by atoms with Crippen LogP contribution in [-0.4, -0.2) is 32.6 Å². The number of aryl methyl sites for hydroxylation is 2.